The number of fused-ring (bicyclic) bond motifs is 1. The molecule has 124 valence electrons. The van der Waals surface area contributed by atoms with Crippen molar-refractivity contribution >= 4 is 12.0 Å². The highest BCUT2D eigenvalue weighted by Gasteiger charge is 2.35. The van der Waals surface area contributed by atoms with Crippen LogP contribution >= 0.6 is 0 Å². The van der Waals surface area contributed by atoms with E-state index in [-0.39, 0.29) is 17.5 Å². The van der Waals surface area contributed by atoms with E-state index < -0.39 is 11.9 Å². The number of nitrogens with one attached hydrogen (secondary N) is 1. The van der Waals surface area contributed by atoms with E-state index in [0.717, 1.165) is 12.8 Å². The largest absolute Gasteiger partial charge is 0.481 e. The van der Waals surface area contributed by atoms with Crippen molar-refractivity contribution in [3.63, 3.8) is 0 Å². The molecule has 2 N–H and O–H groups in total. The number of carboxylic acid groups (broad SMARTS) is 1. The minimum absolute atomic E-state index is 0.00982. The van der Waals surface area contributed by atoms with Gasteiger partial charge in [0.05, 0.1) is 12.0 Å². The van der Waals surface area contributed by atoms with Crippen LogP contribution in [-0.2, 0) is 10.2 Å². The average Bonchev–Trinajstić information content (AvgIpc) is 3.01. The Morgan fingerprint density at radius 3 is 2.70 bits per heavy atom. The van der Waals surface area contributed by atoms with Crippen LogP contribution in [0, 0.1) is 5.92 Å². The number of nitrogens with zero attached hydrogens (tertiary/aromatic N) is 1. The Morgan fingerprint density at radius 2 is 2.00 bits per heavy atom. The Bertz CT molecular complexity index is 626. The van der Waals surface area contributed by atoms with Gasteiger partial charge in [0.25, 0.3) is 0 Å². The van der Waals surface area contributed by atoms with Crippen LogP contribution in [-0.4, -0.2) is 35.1 Å². The molecule has 2 aliphatic rings. The second-order valence-electron chi connectivity index (χ2n) is 7.28. The predicted octanol–water partition coefficient (Wildman–Crippen LogP) is 2.92. The molecule has 1 aliphatic carbocycles. The molecular weight excluding hydrogens is 292 g/mol. The van der Waals surface area contributed by atoms with Gasteiger partial charge in [-0.15, -0.1) is 0 Å². The summed E-state index contributed by atoms with van der Waals surface area (Å²) in [7, 11) is 0. The summed E-state index contributed by atoms with van der Waals surface area (Å²) in [6.07, 6.45) is 2.47. The van der Waals surface area contributed by atoms with E-state index in [0.29, 0.717) is 19.5 Å². The Hall–Kier alpha value is -2.04. The molecule has 0 spiro atoms. The molecule has 2 unspecified atom stereocenters. The first-order valence-electron chi connectivity index (χ1n) is 8.26. The van der Waals surface area contributed by atoms with Crippen LogP contribution < -0.4 is 5.32 Å². The lowest BCUT2D eigenvalue weighted by molar-refractivity contribution is -0.141. The number of benzene rings is 1. The lowest BCUT2D eigenvalue weighted by Gasteiger charge is -2.37. The fraction of sp³-hybridized carbons (Fsp3) is 0.556. The van der Waals surface area contributed by atoms with Crippen molar-refractivity contribution in [1.82, 2.24) is 10.2 Å². The molecule has 5 heteroatoms. The van der Waals surface area contributed by atoms with Crippen molar-refractivity contribution < 1.29 is 14.7 Å². The lowest BCUT2D eigenvalue weighted by Crippen LogP contribution is -2.43. The first-order chi connectivity index (χ1) is 10.9. The molecule has 0 radical (unpaired) electrons. The summed E-state index contributed by atoms with van der Waals surface area (Å²) in [6.45, 7) is 5.30. The zero-order valence-electron chi connectivity index (χ0n) is 13.7. The number of hydrogen-bond donors (Lipinski definition) is 2. The van der Waals surface area contributed by atoms with E-state index in [1.165, 1.54) is 11.1 Å². The van der Waals surface area contributed by atoms with Gasteiger partial charge < -0.3 is 15.3 Å². The average molecular weight is 316 g/mol. The quantitative estimate of drug-likeness (QED) is 0.881. The molecule has 1 aliphatic heterocycles. The van der Waals surface area contributed by atoms with Gasteiger partial charge in [0.15, 0.2) is 0 Å². The molecule has 0 saturated carbocycles. The highest BCUT2D eigenvalue weighted by atomic mass is 16.4. The SMILES string of the molecule is CC1(C)CCC(NC(=O)N2CCC(C(=O)O)C2)c2ccccc21. The molecule has 1 aromatic rings. The number of rotatable bonds is 2. The van der Waals surface area contributed by atoms with Gasteiger partial charge in [0, 0.05) is 13.1 Å². The molecule has 2 amide bonds. The summed E-state index contributed by atoms with van der Waals surface area (Å²) < 4.78 is 0. The summed E-state index contributed by atoms with van der Waals surface area (Å²) in [4.78, 5) is 25.1. The Labute approximate surface area is 136 Å². The van der Waals surface area contributed by atoms with Crippen LogP contribution in [0.3, 0.4) is 0 Å². The van der Waals surface area contributed by atoms with E-state index in [1.54, 1.807) is 4.90 Å². The maximum atomic E-state index is 12.5. The molecule has 3 rings (SSSR count). The van der Waals surface area contributed by atoms with Crippen LogP contribution in [0.15, 0.2) is 24.3 Å². The van der Waals surface area contributed by atoms with Gasteiger partial charge in [0.1, 0.15) is 0 Å². The van der Waals surface area contributed by atoms with Crippen LogP contribution in [0.25, 0.3) is 0 Å². The maximum Gasteiger partial charge on any atom is 0.317 e. The van der Waals surface area contributed by atoms with Gasteiger partial charge in [-0.25, -0.2) is 4.79 Å². The fourth-order valence-electron chi connectivity index (χ4n) is 3.75. The molecule has 5 nitrogen and oxygen atoms in total. The molecule has 1 fully saturated rings. The van der Waals surface area contributed by atoms with Gasteiger partial charge in [0.2, 0.25) is 0 Å². The first kappa shape index (κ1) is 15.8. The number of aliphatic carboxylic acids is 1. The van der Waals surface area contributed by atoms with Crippen molar-refractivity contribution in [3.8, 4) is 0 Å². The molecule has 1 aromatic carbocycles. The zero-order chi connectivity index (χ0) is 16.6. The molecule has 23 heavy (non-hydrogen) atoms. The topological polar surface area (TPSA) is 69.6 Å². The number of carbonyl (C=O) groups is 2. The van der Waals surface area contributed by atoms with E-state index in [9.17, 15) is 9.59 Å². The summed E-state index contributed by atoms with van der Waals surface area (Å²) in [5.41, 5.74) is 2.60. The zero-order valence-corrected chi connectivity index (χ0v) is 13.7. The third-order valence-corrected chi connectivity index (χ3v) is 5.25. The van der Waals surface area contributed by atoms with Crippen molar-refractivity contribution in [2.45, 2.75) is 44.6 Å². The van der Waals surface area contributed by atoms with Crippen molar-refractivity contribution in [3.05, 3.63) is 35.4 Å². The van der Waals surface area contributed by atoms with E-state index in [2.05, 4.69) is 31.3 Å². The van der Waals surface area contributed by atoms with Crippen LogP contribution in [0.2, 0.25) is 0 Å². The predicted molar refractivity (Wildman–Crippen MR) is 87.3 cm³/mol. The Kier molecular flexibility index (Phi) is 4.04. The Morgan fingerprint density at radius 1 is 1.26 bits per heavy atom. The maximum absolute atomic E-state index is 12.5. The third-order valence-electron chi connectivity index (χ3n) is 5.25. The molecular formula is C18H24N2O3. The van der Waals surface area contributed by atoms with Crippen LogP contribution in [0.1, 0.15) is 50.3 Å². The number of likely N-dealkylation sites (tertiary alicyclic amines) is 1. The summed E-state index contributed by atoms with van der Waals surface area (Å²) in [5, 5.41) is 12.2. The second kappa shape index (κ2) is 5.87. The fourth-order valence-corrected chi connectivity index (χ4v) is 3.75. The minimum atomic E-state index is -0.815. The summed E-state index contributed by atoms with van der Waals surface area (Å²) in [6, 6.07) is 8.15. The normalized spacial score (nSPS) is 25.7. The van der Waals surface area contributed by atoms with E-state index in [4.69, 9.17) is 5.11 Å². The van der Waals surface area contributed by atoms with E-state index >= 15 is 0 Å². The van der Waals surface area contributed by atoms with Gasteiger partial charge in [-0.1, -0.05) is 38.1 Å². The molecule has 2 atom stereocenters. The van der Waals surface area contributed by atoms with Gasteiger partial charge in [-0.2, -0.15) is 0 Å². The number of urea groups is 1. The smallest absolute Gasteiger partial charge is 0.317 e. The lowest BCUT2D eigenvalue weighted by atomic mass is 9.71. The number of hydrogen-bond acceptors (Lipinski definition) is 2. The summed E-state index contributed by atoms with van der Waals surface area (Å²) >= 11 is 0. The number of carboxylic acids is 1. The van der Waals surface area contributed by atoms with Crippen molar-refractivity contribution in [2.24, 2.45) is 5.92 Å². The molecule has 0 aromatic heterocycles. The highest BCUT2D eigenvalue weighted by molar-refractivity contribution is 5.77. The summed E-state index contributed by atoms with van der Waals surface area (Å²) in [5.74, 6) is -1.25. The number of amides is 2. The van der Waals surface area contributed by atoms with Crippen LogP contribution in [0.5, 0.6) is 0 Å². The Balaban J connectivity index is 1.72. The molecule has 1 heterocycles. The molecule has 1 saturated heterocycles. The van der Waals surface area contributed by atoms with Gasteiger partial charge in [-0.3, -0.25) is 4.79 Å². The van der Waals surface area contributed by atoms with Gasteiger partial charge in [-0.05, 0) is 35.8 Å². The van der Waals surface area contributed by atoms with E-state index in [1.807, 2.05) is 12.1 Å². The van der Waals surface area contributed by atoms with Gasteiger partial charge >= 0.3 is 12.0 Å². The number of carbonyl (C=O) groups excluding carboxylic acids is 1. The second-order valence-corrected chi connectivity index (χ2v) is 7.28. The van der Waals surface area contributed by atoms with Crippen LogP contribution in [0.4, 0.5) is 4.79 Å². The van der Waals surface area contributed by atoms with Crippen molar-refractivity contribution in [1.29, 1.82) is 0 Å². The highest BCUT2D eigenvalue weighted by Crippen LogP contribution is 2.41. The van der Waals surface area contributed by atoms with Crippen molar-refractivity contribution in [2.75, 3.05) is 13.1 Å². The molecule has 0 bridgehead atoms. The first-order valence-corrected chi connectivity index (χ1v) is 8.26. The standard InChI is InChI=1S/C18H24N2O3/c1-18(2)9-7-15(13-5-3-4-6-14(13)18)19-17(23)20-10-8-12(11-20)16(21)22/h3-6,12,15H,7-11H2,1-2H3,(H,19,23)(H,21,22). The third kappa shape index (κ3) is 3.05. The minimum Gasteiger partial charge on any atom is -0.481 e. The monoisotopic (exact) mass is 316 g/mol.